The van der Waals surface area contributed by atoms with Crippen LogP contribution in [0.1, 0.15) is 37.4 Å². The van der Waals surface area contributed by atoms with Gasteiger partial charge in [0.15, 0.2) is 0 Å². The number of aliphatic hydroxyl groups excluding tert-OH is 1. The Balaban J connectivity index is 2.03. The first-order valence-corrected chi connectivity index (χ1v) is 10.6. The quantitative estimate of drug-likeness (QED) is 0.382. The maximum absolute atomic E-state index is 13.5. The van der Waals surface area contributed by atoms with Gasteiger partial charge >= 0.3 is 0 Å². The van der Waals surface area contributed by atoms with E-state index >= 15 is 0 Å². The molecule has 7 heteroatoms. The number of likely N-dealkylation sites (tertiary alicyclic amines) is 1. The predicted octanol–water partition coefficient (Wildman–Crippen LogP) is 3.99. The second-order valence-electron chi connectivity index (χ2n) is 8.39. The van der Waals surface area contributed by atoms with Gasteiger partial charge < -0.3 is 19.6 Å². The molecule has 0 bridgehead atoms. The van der Waals surface area contributed by atoms with E-state index in [0.717, 1.165) is 6.54 Å². The number of aliphatic hydroxyl groups is 1. The molecular weight excluding hydrogens is 411 g/mol. The van der Waals surface area contributed by atoms with Gasteiger partial charge in [-0.25, -0.2) is 4.39 Å². The molecule has 1 heterocycles. The summed E-state index contributed by atoms with van der Waals surface area (Å²) in [4.78, 5) is 29.3. The van der Waals surface area contributed by atoms with Crippen LogP contribution in [0.3, 0.4) is 0 Å². The lowest BCUT2D eigenvalue weighted by atomic mass is 9.95. The fraction of sp³-hybridized carbons (Fsp3) is 0.360. The highest BCUT2D eigenvalue weighted by Crippen LogP contribution is 2.39. The van der Waals surface area contributed by atoms with E-state index in [1.807, 2.05) is 32.8 Å². The van der Waals surface area contributed by atoms with Gasteiger partial charge in [0.05, 0.1) is 17.7 Å². The number of benzene rings is 2. The van der Waals surface area contributed by atoms with Crippen LogP contribution in [0, 0.1) is 5.82 Å². The fourth-order valence-corrected chi connectivity index (χ4v) is 3.78. The first-order valence-electron chi connectivity index (χ1n) is 10.6. The van der Waals surface area contributed by atoms with E-state index in [9.17, 15) is 19.1 Å². The zero-order chi connectivity index (χ0) is 23.4. The average molecular weight is 441 g/mol. The summed E-state index contributed by atoms with van der Waals surface area (Å²) in [6.45, 7) is 4.89. The molecule has 2 aromatic rings. The van der Waals surface area contributed by atoms with Gasteiger partial charge in [0.25, 0.3) is 11.7 Å². The summed E-state index contributed by atoms with van der Waals surface area (Å²) in [7, 11) is 3.86. The van der Waals surface area contributed by atoms with Crippen LogP contribution in [0.5, 0.6) is 5.75 Å². The first-order chi connectivity index (χ1) is 15.2. The molecule has 0 unspecified atom stereocenters. The van der Waals surface area contributed by atoms with Crippen molar-refractivity contribution in [1.29, 1.82) is 0 Å². The lowest BCUT2D eigenvalue weighted by Crippen LogP contribution is -2.32. The van der Waals surface area contributed by atoms with Crippen molar-refractivity contribution in [2.45, 2.75) is 32.4 Å². The molecule has 1 saturated heterocycles. The smallest absolute Gasteiger partial charge is 0.295 e. The molecule has 0 aromatic heterocycles. The molecular formula is C25H29FN2O4. The molecule has 3 rings (SSSR count). The molecule has 2 aromatic carbocycles. The Morgan fingerprint density at radius 3 is 2.28 bits per heavy atom. The minimum atomic E-state index is -0.788. The molecule has 0 spiro atoms. The number of ketones is 1. The number of hydrogen-bond donors (Lipinski definition) is 1. The lowest BCUT2D eigenvalue weighted by Gasteiger charge is -2.26. The largest absolute Gasteiger partial charge is 0.507 e. The van der Waals surface area contributed by atoms with Gasteiger partial charge in [0.1, 0.15) is 17.3 Å². The van der Waals surface area contributed by atoms with Crippen LogP contribution in [-0.4, -0.2) is 59.9 Å². The molecule has 170 valence electrons. The SMILES string of the molecule is CC(C)Oc1ccc(/C(O)=C2\C(=O)C(=O)N(CCCN(C)C)[C@@H]2c2ccc(F)cc2)cc1. The van der Waals surface area contributed by atoms with E-state index in [1.165, 1.54) is 29.2 Å². The predicted molar refractivity (Wildman–Crippen MR) is 121 cm³/mol. The summed E-state index contributed by atoms with van der Waals surface area (Å²) in [5.74, 6) is -1.46. The van der Waals surface area contributed by atoms with Gasteiger partial charge in [0, 0.05) is 12.1 Å². The average Bonchev–Trinajstić information content (AvgIpc) is 2.99. The van der Waals surface area contributed by atoms with Crippen LogP contribution in [0.4, 0.5) is 4.39 Å². The van der Waals surface area contributed by atoms with Crippen LogP contribution in [0.25, 0.3) is 5.76 Å². The molecule has 1 atom stereocenters. The second kappa shape index (κ2) is 9.96. The number of Topliss-reactive ketones (excluding diaryl/α,β-unsaturated/α-hetero) is 1. The molecule has 32 heavy (non-hydrogen) atoms. The van der Waals surface area contributed by atoms with Crippen molar-refractivity contribution in [3.05, 3.63) is 71.0 Å². The van der Waals surface area contributed by atoms with Crippen molar-refractivity contribution in [1.82, 2.24) is 9.80 Å². The Morgan fingerprint density at radius 2 is 1.72 bits per heavy atom. The van der Waals surface area contributed by atoms with E-state index in [1.54, 1.807) is 24.3 Å². The summed E-state index contributed by atoms with van der Waals surface area (Å²) in [6, 6.07) is 11.6. The van der Waals surface area contributed by atoms with Crippen LogP contribution in [0.15, 0.2) is 54.1 Å². The zero-order valence-electron chi connectivity index (χ0n) is 18.8. The molecule has 1 fully saturated rings. The van der Waals surface area contributed by atoms with Gasteiger partial charge in [-0.1, -0.05) is 12.1 Å². The van der Waals surface area contributed by atoms with Crippen molar-refractivity contribution >= 4 is 17.4 Å². The van der Waals surface area contributed by atoms with E-state index in [0.29, 0.717) is 29.8 Å². The molecule has 1 N–H and O–H groups in total. The highest BCUT2D eigenvalue weighted by molar-refractivity contribution is 6.46. The van der Waals surface area contributed by atoms with Crippen molar-refractivity contribution in [3.8, 4) is 5.75 Å². The van der Waals surface area contributed by atoms with Crippen LogP contribution in [0.2, 0.25) is 0 Å². The number of hydrogen-bond acceptors (Lipinski definition) is 5. The minimum Gasteiger partial charge on any atom is -0.507 e. The highest BCUT2D eigenvalue weighted by Gasteiger charge is 2.45. The van der Waals surface area contributed by atoms with Crippen LogP contribution < -0.4 is 4.74 Å². The first kappa shape index (κ1) is 23.5. The maximum atomic E-state index is 13.5. The summed E-state index contributed by atoms with van der Waals surface area (Å²) in [5.41, 5.74) is 0.972. The van der Waals surface area contributed by atoms with Gasteiger partial charge in [0.2, 0.25) is 0 Å². The Bertz CT molecular complexity index is 998. The summed E-state index contributed by atoms with van der Waals surface area (Å²) in [6.07, 6.45) is 0.652. The van der Waals surface area contributed by atoms with Crippen molar-refractivity contribution in [2.75, 3.05) is 27.2 Å². The molecule has 0 radical (unpaired) electrons. The normalized spacial score (nSPS) is 18.1. The van der Waals surface area contributed by atoms with E-state index in [-0.39, 0.29) is 17.4 Å². The number of carbonyl (C=O) groups excluding carboxylic acids is 2. The number of amides is 1. The zero-order valence-corrected chi connectivity index (χ0v) is 18.8. The fourth-order valence-electron chi connectivity index (χ4n) is 3.78. The summed E-state index contributed by atoms with van der Waals surface area (Å²) >= 11 is 0. The number of halogens is 1. The Morgan fingerprint density at radius 1 is 1.09 bits per heavy atom. The van der Waals surface area contributed by atoms with Gasteiger partial charge in [-0.2, -0.15) is 0 Å². The second-order valence-corrected chi connectivity index (χ2v) is 8.39. The lowest BCUT2D eigenvalue weighted by molar-refractivity contribution is -0.139. The van der Waals surface area contributed by atoms with Gasteiger partial charge in [-0.15, -0.1) is 0 Å². The molecule has 1 aliphatic heterocycles. The molecule has 6 nitrogen and oxygen atoms in total. The van der Waals surface area contributed by atoms with Gasteiger partial charge in [-0.3, -0.25) is 9.59 Å². The third kappa shape index (κ3) is 5.16. The van der Waals surface area contributed by atoms with Crippen molar-refractivity contribution in [3.63, 3.8) is 0 Å². The Kier molecular flexibility index (Phi) is 7.30. The van der Waals surface area contributed by atoms with E-state index in [4.69, 9.17) is 4.74 Å². The topological polar surface area (TPSA) is 70.1 Å². The van der Waals surface area contributed by atoms with Crippen molar-refractivity contribution in [2.24, 2.45) is 0 Å². The molecule has 1 amide bonds. The Labute approximate surface area is 187 Å². The number of ether oxygens (including phenoxy) is 1. The monoisotopic (exact) mass is 440 g/mol. The van der Waals surface area contributed by atoms with E-state index in [2.05, 4.69) is 0 Å². The highest BCUT2D eigenvalue weighted by atomic mass is 19.1. The standard InChI is InChI=1S/C25H29FN2O4/c1-16(2)32-20-12-8-18(9-13-20)23(29)21-22(17-6-10-19(26)11-7-17)28(25(31)24(21)30)15-5-14-27(3)4/h6-13,16,22,29H,5,14-15H2,1-4H3/b23-21+/t22-/m1/s1. The third-order valence-corrected chi connectivity index (χ3v) is 5.23. The summed E-state index contributed by atoms with van der Waals surface area (Å²) < 4.78 is 19.2. The summed E-state index contributed by atoms with van der Waals surface area (Å²) in [5, 5.41) is 11.1. The molecule has 1 aliphatic rings. The maximum Gasteiger partial charge on any atom is 0.295 e. The van der Waals surface area contributed by atoms with Gasteiger partial charge in [-0.05, 0) is 82.9 Å². The van der Waals surface area contributed by atoms with Crippen LogP contribution in [-0.2, 0) is 9.59 Å². The molecule has 0 aliphatic carbocycles. The number of rotatable bonds is 8. The van der Waals surface area contributed by atoms with Crippen molar-refractivity contribution < 1.29 is 23.8 Å². The van der Waals surface area contributed by atoms with Crippen LogP contribution >= 0.6 is 0 Å². The third-order valence-electron chi connectivity index (χ3n) is 5.23. The Hall–Kier alpha value is -3.19. The van der Waals surface area contributed by atoms with E-state index < -0.39 is 23.5 Å². The minimum absolute atomic E-state index is 0.000383. The number of carbonyl (C=O) groups is 2. The molecule has 0 saturated carbocycles. The number of nitrogens with zero attached hydrogens (tertiary/aromatic N) is 2.